The summed E-state index contributed by atoms with van der Waals surface area (Å²) in [5.41, 5.74) is 14.5. The summed E-state index contributed by atoms with van der Waals surface area (Å²) in [6.07, 6.45) is -0.523. The number of hydrogen-bond donors (Lipinski definition) is 0. The van der Waals surface area contributed by atoms with Gasteiger partial charge < -0.3 is 13.6 Å². The van der Waals surface area contributed by atoms with Crippen LogP contribution in [0, 0.1) is 13.8 Å². The van der Waals surface area contributed by atoms with Gasteiger partial charge in [-0.05, 0) is 78.7 Å². The zero-order valence-corrected chi connectivity index (χ0v) is 32.8. The molecule has 2 unspecified atom stereocenters. The Morgan fingerprint density at radius 1 is 0.737 bits per heavy atom. The molecule has 5 aromatic carbocycles. The first-order chi connectivity index (χ1) is 28.9. The molecular weight excluding hydrogens is 703 g/mol. The van der Waals surface area contributed by atoms with Gasteiger partial charge in [0.25, 0.3) is 5.82 Å². The quantitative estimate of drug-likeness (QED) is 0.164. The Bertz CT molecular complexity index is 3190. The summed E-state index contributed by atoms with van der Waals surface area (Å²) in [7, 11) is 2.15. The SMILES string of the molecule is [2H]C([2H])([2H])c1ccc2c(n1)OC1c3c(oc4c(-c5n(-c6c(C(C)C)cc(-c7ccccc7)cc6C(C)C)c6ccccc6[n+]5C)c(C)ccc34)-c3oc4ccccc4c3C21. The van der Waals surface area contributed by atoms with Crippen LogP contribution in [0.2, 0.25) is 0 Å². The van der Waals surface area contributed by atoms with Crippen molar-refractivity contribution in [1.82, 2.24) is 9.55 Å². The number of benzene rings is 5. The third kappa shape index (κ3) is 4.76. The molecule has 0 saturated carbocycles. The highest BCUT2D eigenvalue weighted by atomic mass is 16.5. The topological polar surface area (TPSA) is 57.2 Å². The Balaban J connectivity index is 1.22. The smallest absolute Gasteiger partial charge is 0.299 e. The minimum atomic E-state index is -2.37. The number of aromatic nitrogens is 3. The van der Waals surface area contributed by atoms with Crippen LogP contribution in [-0.4, -0.2) is 9.55 Å². The van der Waals surface area contributed by atoms with E-state index in [4.69, 9.17) is 17.7 Å². The number of furan rings is 2. The molecule has 0 saturated heterocycles. The van der Waals surface area contributed by atoms with Gasteiger partial charge in [-0.1, -0.05) is 107 Å². The molecule has 0 N–H and O–H groups in total. The molecule has 11 rings (SSSR count). The van der Waals surface area contributed by atoms with E-state index in [2.05, 4.69) is 141 Å². The number of ether oxygens (including phenoxy) is 1. The van der Waals surface area contributed by atoms with Crippen molar-refractivity contribution in [3.05, 3.63) is 154 Å². The summed E-state index contributed by atoms with van der Waals surface area (Å²) in [6.45, 7) is 8.92. The van der Waals surface area contributed by atoms with Gasteiger partial charge in [-0.2, -0.15) is 4.57 Å². The van der Waals surface area contributed by atoms with E-state index in [0.717, 1.165) is 66.6 Å². The average Bonchev–Trinajstić information content (AvgIpc) is 3.99. The summed E-state index contributed by atoms with van der Waals surface area (Å²) in [6, 6.07) is 39.9. The maximum atomic E-state index is 8.11. The molecule has 1 aliphatic heterocycles. The molecule has 280 valence electrons. The van der Waals surface area contributed by atoms with Gasteiger partial charge in [0.15, 0.2) is 28.1 Å². The fourth-order valence-corrected chi connectivity index (χ4v) is 9.65. The largest absolute Gasteiger partial charge is 0.468 e. The van der Waals surface area contributed by atoms with Crippen LogP contribution in [0.1, 0.15) is 94.7 Å². The molecule has 0 spiro atoms. The Labute approximate surface area is 336 Å². The van der Waals surface area contributed by atoms with Crippen LogP contribution in [0.5, 0.6) is 5.88 Å². The minimum absolute atomic E-state index is 0.00558. The molecule has 0 bridgehead atoms. The van der Waals surface area contributed by atoms with E-state index in [1.165, 1.54) is 27.9 Å². The Hall–Kier alpha value is -6.40. The maximum absolute atomic E-state index is 8.11. The lowest BCUT2D eigenvalue weighted by Gasteiger charge is -2.24. The lowest BCUT2D eigenvalue weighted by Crippen LogP contribution is -2.30. The summed E-state index contributed by atoms with van der Waals surface area (Å²) < 4.78 is 49.9. The molecular formula is C51H44N3O3+. The lowest BCUT2D eigenvalue weighted by molar-refractivity contribution is -0.633. The maximum Gasteiger partial charge on any atom is 0.299 e. The molecule has 6 heteroatoms. The monoisotopic (exact) mass is 749 g/mol. The average molecular weight is 750 g/mol. The Morgan fingerprint density at radius 3 is 2.23 bits per heavy atom. The molecule has 6 nitrogen and oxygen atoms in total. The zero-order valence-electron chi connectivity index (χ0n) is 35.8. The molecule has 1 aliphatic carbocycles. The van der Waals surface area contributed by atoms with Gasteiger partial charge in [-0.25, -0.2) is 9.55 Å². The number of nitrogens with zero attached hydrogens (tertiary/aromatic N) is 3. The van der Waals surface area contributed by atoms with Crippen LogP contribution in [0.15, 0.2) is 124 Å². The van der Waals surface area contributed by atoms with Crippen LogP contribution < -0.4 is 9.30 Å². The minimum Gasteiger partial charge on any atom is -0.468 e. The van der Waals surface area contributed by atoms with E-state index >= 15 is 0 Å². The van der Waals surface area contributed by atoms with Crippen LogP contribution in [0.3, 0.4) is 0 Å². The van der Waals surface area contributed by atoms with Crippen molar-refractivity contribution >= 4 is 33.0 Å². The predicted molar refractivity (Wildman–Crippen MR) is 227 cm³/mol. The van der Waals surface area contributed by atoms with Crippen LogP contribution in [-0.2, 0) is 7.05 Å². The van der Waals surface area contributed by atoms with Crippen molar-refractivity contribution in [1.29, 1.82) is 0 Å². The summed E-state index contributed by atoms with van der Waals surface area (Å²) >= 11 is 0. The van der Waals surface area contributed by atoms with E-state index in [1.54, 1.807) is 6.07 Å². The zero-order chi connectivity index (χ0) is 41.4. The standard InChI is InChI=1S/C51H44N3O3/c1-27(2)36-25-32(31-15-9-8-10-16-31)26-37(28(3)4)45(36)54-39-19-13-12-18-38(39)53(7)51(54)41-29(5)21-23-34-44-47-43(35-24-22-30(6)52-50(35)57-47)42-33-17-11-14-20-40(33)55-48(42)49(44)56-46(34)41/h8-28,43,47H,1-7H3/q+1/i6D3. The fraction of sp³-hybridized carbons (Fsp3) is 0.216. The van der Waals surface area contributed by atoms with Gasteiger partial charge in [0.1, 0.15) is 22.9 Å². The van der Waals surface area contributed by atoms with Crippen molar-refractivity contribution in [3.8, 4) is 45.6 Å². The van der Waals surface area contributed by atoms with Crippen molar-refractivity contribution < 1.29 is 22.3 Å². The number of para-hydroxylation sites is 3. The lowest BCUT2D eigenvalue weighted by atomic mass is 9.78. The molecule has 57 heavy (non-hydrogen) atoms. The highest BCUT2D eigenvalue weighted by molar-refractivity contribution is 6.02. The number of imidazole rings is 1. The second-order valence-electron chi connectivity index (χ2n) is 16.3. The van der Waals surface area contributed by atoms with E-state index < -0.39 is 13.0 Å². The molecule has 9 aromatic rings. The Morgan fingerprint density at radius 2 is 1.46 bits per heavy atom. The third-order valence-electron chi connectivity index (χ3n) is 12.3. The molecule has 0 fully saturated rings. The van der Waals surface area contributed by atoms with Gasteiger partial charge >= 0.3 is 0 Å². The highest BCUT2D eigenvalue weighted by Crippen LogP contribution is 2.61. The number of hydrogen-bond acceptors (Lipinski definition) is 4. The first kappa shape index (κ1) is 30.8. The Kier molecular flexibility index (Phi) is 6.64. The van der Waals surface area contributed by atoms with Gasteiger partial charge in [-0.15, -0.1) is 0 Å². The number of pyridine rings is 1. The number of fused-ring (bicyclic) bond motifs is 13. The van der Waals surface area contributed by atoms with E-state index in [9.17, 15) is 0 Å². The van der Waals surface area contributed by atoms with Gasteiger partial charge in [0.05, 0.1) is 18.5 Å². The first-order valence-corrected chi connectivity index (χ1v) is 19.9. The molecule has 0 radical (unpaired) electrons. The molecule has 2 aliphatic rings. The number of rotatable bonds is 5. The third-order valence-corrected chi connectivity index (χ3v) is 12.3. The second-order valence-corrected chi connectivity index (χ2v) is 16.3. The van der Waals surface area contributed by atoms with E-state index in [1.807, 2.05) is 24.3 Å². The first-order valence-electron chi connectivity index (χ1n) is 21.4. The van der Waals surface area contributed by atoms with Gasteiger partial charge in [0, 0.05) is 42.8 Å². The normalized spacial score (nSPS) is 16.7. The molecule has 4 aromatic heterocycles. The molecule has 2 atom stereocenters. The van der Waals surface area contributed by atoms with E-state index in [0.29, 0.717) is 17.4 Å². The highest BCUT2D eigenvalue weighted by Gasteiger charge is 2.49. The number of aryl methyl sites for hydroxylation is 3. The van der Waals surface area contributed by atoms with Crippen LogP contribution in [0.25, 0.3) is 72.7 Å². The van der Waals surface area contributed by atoms with Crippen LogP contribution in [0.4, 0.5) is 0 Å². The van der Waals surface area contributed by atoms with Crippen molar-refractivity contribution in [2.24, 2.45) is 7.05 Å². The summed E-state index contributed by atoms with van der Waals surface area (Å²) in [5.74, 6) is 2.77. The van der Waals surface area contributed by atoms with Crippen molar-refractivity contribution in [2.75, 3.05) is 0 Å². The summed E-state index contributed by atoms with van der Waals surface area (Å²) in [4.78, 5) is 4.60. The molecule has 0 amide bonds. The fourth-order valence-electron chi connectivity index (χ4n) is 9.65. The van der Waals surface area contributed by atoms with E-state index in [-0.39, 0.29) is 23.4 Å². The molecule has 5 heterocycles. The van der Waals surface area contributed by atoms with Crippen molar-refractivity contribution in [3.63, 3.8) is 0 Å². The summed E-state index contributed by atoms with van der Waals surface area (Å²) in [5, 5.41) is 1.88. The van der Waals surface area contributed by atoms with Gasteiger partial charge in [-0.3, -0.25) is 0 Å². The van der Waals surface area contributed by atoms with Gasteiger partial charge in [0.2, 0.25) is 5.88 Å². The predicted octanol–water partition coefficient (Wildman–Crippen LogP) is 12.8. The second kappa shape index (κ2) is 12.3. The van der Waals surface area contributed by atoms with Crippen molar-refractivity contribution in [2.45, 2.75) is 65.3 Å². The van der Waals surface area contributed by atoms with Crippen LogP contribution >= 0.6 is 0 Å².